The van der Waals surface area contributed by atoms with Crippen molar-refractivity contribution >= 4 is 11.6 Å². The Morgan fingerprint density at radius 1 is 1.50 bits per heavy atom. The number of rotatable bonds is 0. The first-order valence-corrected chi connectivity index (χ1v) is 4.32. The summed E-state index contributed by atoms with van der Waals surface area (Å²) >= 11 is 0. The maximum atomic E-state index is 11.7. The van der Waals surface area contributed by atoms with Gasteiger partial charge in [-0.3, -0.25) is 9.59 Å². The van der Waals surface area contributed by atoms with Gasteiger partial charge in [0, 0.05) is 12.3 Å². The molecule has 0 N–H and O–H groups in total. The van der Waals surface area contributed by atoms with E-state index < -0.39 is 5.41 Å². The number of Topliss-reactive ketones (excluding diaryl/α,β-unsaturated/α-hetero) is 2. The zero-order valence-corrected chi connectivity index (χ0v) is 7.33. The van der Waals surface area contributed by atoms with Crippen molar-refractivity contribution in [3.05, 3.63) is 12.2 Å². The average molecular weight is 164 g/mol. The van der Waals surface area contributed by atoms with E-state index >= 15 is 0 Å². The Labute approximate surface area is 71.6 Å². The second-order valence-corrected chi connectivity index (χ2v) is 4.02. The number of hydrogen-bond donors (Lipinski definition) is 0. The molecule has 2 aliphatic rings. The predicted octanol–water partition coefficient (Wildman–Crippen LogP) is 1.36. The van der Waals surface area contributed by atoms with Crippen LogP contribution in [0, 0.1) is 17.3 Å². The molecule has 0 aliphatic heterocycles. The molecule has 2 rings (SSSR count). The van der Waals surface area contributed by atoms with Crippen molar-refractivity contribution in [2.45, 2.75) is 20.3 Å². The minimum Gasteiger partial charge on any atom is -0.298 e. The highest BCUT2D eigenvalue weighted by atomic mass is 16.2. The number of hydrogen-bond acceptors (Lipinski definition) is 2. The lowest BCUT2D eigenvalue weighted by Crippen LogP contribution is -2.32. The average Bonchev–Trinajstić information content (AvgIpc) is 2.17. The standard InChI is InChI=1S/C10H12O2/c1-6-3-4-10(2)8(11)5-7(6)9(10)12/h3-4,6-7H,5H2,1-2H3. The molecule has 0 radical (unpaired) electrons. The van der Waals surface area contributed by atoms with Crippen LogP contribution in [0.25, 0.3) is 0 Å². The van der Waals surface area contributed by atoms with Gasteiger partial charge in [0.1, 0.15) is 5.41 Å². The topological polar surface area (TPSA) is 34.1 Å². The molecule has 1 fully saturated rings. The van der Waals surface area contributed by atoms with Gasteiger partial charge in [0.2, 0.25) is 0 Å². The molecule has 0 aromatic heterocycles. The van der Waals surface area contributed by atoms with Crippen molar-refractivity contribution in [1.82, 2.24) is 0 Å². The third-order valence-corrected chi connectivity index (χ3v) is 3.20. The van der Waals surface area contributed by atoms with Gasteiger partial charge in [0.05, 0.1) is 0 Å². The zero-order valence-electron chi connectivity index (χ0n) is 7.33. The van der Waals surface area contributed by atoms with E-state index in [1.165, 1.54) is 0 Å². The molecule has 1 saturated carbocycles. The minimum atomic E-state index is -0.767. The maximum Gasteiger partial charge on any atom is 0.154 e. The Hall–Kier alpha value is -0.920. The fraction of sp³-hybridized carbons (Fsp3) is 0.600. The highest BCUT2D eigenvalue weighted by Gasteiger charge is 2.52. The van der Waals surface area contributed by atoms with Crippen LogP contribution >= 0.6 is 0 Å². The fourth-order valence-corrected chi connectivity index (χ4v) is 2.11. The molecule has 3 unspecified atom stereocenters. The van der Waals surface area contributed by atoms with E-state index in [0.29, 0.717) is 6.42 Å². The van der Waals surface area contributed by atoms with Crippen molar-refractivity contribution in [3.63, 3.8) is 0 Å². The molecular weight excluding hydrogens is 152 g/mol. The molecule has 3 atom stereocenters. The largest absolute Gasteiger partial charge is 0.298 e. The second-order valence-electron chi connectivity index (χ2n) is 4.02. The summed E-state index contributed by atoms with van der Waals surface area (Å²) in [6.07, 6.45) is 4.23. The van der Waals surface area contributed by atoms with Crippen LogP contribution in [0.1, 0.15) is 20.3 Å². The fourth-order valence-electron chi connectivity index (χ4n) is 2.11. The van der Waals surface area contributed by atoms with Crippen LogP contribution in [0.15, 0.2) is 12.2 Å². The van der Waals surface area contributed by atoms with Crippen LogP contribution in [-0.2, 0) is 9.59 Å². The van der Waals surface area contributed by atoms with E-state index in [2.05, 4.69) is 0 Å². The summed E-state index contributed by atoms with van der Waals surface area (Å²) in [5.41, 5.74) is -0.767. The Balaban J connectivity index is 2.52. The van der Waals surface area contributed by atoms with Gasteiger partial charge in [0.25, 0.3) is 0 Å². The molecule has 0 aromatic rings. The monoisotopic (exact) mass is 164 g/mol. The summed E-state index contributed by atoms with van der Waals surface area (Å²) in [4.78, 5) is 23.1. The number of fused-ring (bicyclic) bond motifs is 2. The quantitative estimate of drug-likeness (QED) is 0.400. The van der Waals surface area contributed by atoms with Gasteiger partial charge >= 0.3 is 0 Å². The highest BCUT2D eigenvalue weighted by molar-refractivity contribution is 6.16. The van der Waals surface area contributed by atoms with Crippen LogP contribution in [0.5, 0.6) is 0 Å². The van der Waals surface area contributed by atoms with E-state index in [1.807, 2.05) is 13.0 Å². The molecule has 0 heterocycles. The Kier molecular flexibility index (Phi) is 1.33. The molecule has 2 bridgehead atoms. The first kappa shape index (κ1) is 7.71. The lowest BCUT2D eigenvalue weighted by atomic mass is 9.77. The van der Waals surface area contributed by atoms with E-state index in [4.69, 9.17) is 0 Å². The van der Waals surface area contributed by atoms with Crippen molar-refractivity contribution in [3.8, 4) is 0 Å². The van der Waals surface area contributed by atoms with Gasteiger partial charge in [-0.25, -0.2) is 0 Å². The predicted molar refractivity (Wildman–Crippen MR) is 44.5 cm³/mol. The number of ketones is 2. The summed E-state index contributed by atoms with van der Waals surface area (Å²) in [5.74, 6) is 0.435. The SMILES string of the molecule is CC1C=CC2(C)C(=O)CC1C2=O. The molecule has 0 aromatic carbocycles. The zero-order chi connectivity index (χ0) is 8.93. The minimum absolute atomic E-state index is 0.0347. The Morgan fingerprint density at radius 3 is 2.75 bits per heavy atom. The van der Waals surface area contributed by atoms with Gasteiger partial charge < -0.3 is 0 Å². The summed E-state index contributed by atoms with van der Waals surface area (Å²) in [7, 11) is 0. The van der Waals surface area contributed by atoms with Crippen LogP contribution in [0.3, 0.4) is 0 Å². The lowest BCUT2D eigenvalue weighted by Gasteiger charge is -2.23. The summed E-state index contributed by atoms with van der Waals surface area (Å²) in [6, 6.07) is 0. The van der Waals surface area contributed by atoms with E-state index in [0.717, 1.165) is 0 Å². The van der Waals surface area contributed by atoms with Crippen LogP contribution in [-0.4, -0.2) is 11.6 Å². The van der Waals surface area contributed by atoms with Crippen LogP contribution in [0.2, 0.25) is 0 Å². The van der Waals surface area contributed by atoms with Crippen LogP contribution < -0.4 is 0 Å². The smallest absolute Gasteiger partial charge is 0.154 e. The first-order chi connectivity index (χ1) is 5.55. The molecule has 2 aliphatic carbocycles. The molecule has 0 saturated heterocycles. The van der Waals surface area contributed by atoms with Crippen molar-refractivity contribution in [1.29, 1.82) is 0 Å². The molecular formula is C10H12O2. The lowest BCUT2D eigenvalue weighted by molar-refractivity contribution is -0.132. The molecule has 0 amide bonds. The highest BCUT2D eigenvalue weighted by Crippen LogP contribution is 2.43. The van der Waals surface area contributed by atoms with E-state index in [9.17, 15) is 9.59 Å². The number of carbonyl (C=O) groups is 2. The first-order valence-electron chi connectivity index (χ1n) is 4.32. The van der Waals surface area contributed by atoms with Crippen molar-refractivity contribution < 1.29 is 9.59 Å². The van der Waals surface area contributed by atoms with Gasteiger partial charge in [-0.1, -0.05) is 19.1 Å². The molecule has 2 nitrogen and oxygen atoms in total. The van der Waals surface area contributed by atoms with E-state index in [1.54, 1.807) is 13.0 Å². The second kappa shape index (κ2) is 2.06. The van der Waals surface area contributed by atoms with Gasteiger partial charge in [-0.05, 0) is 12.8 Å². The Bertz CT molecular complexity index is 290. The van der Waals surface area contributed by atoms with Gasteiger partial charge in [-0.15, -0.1) is 0 Å². The third-order valence-electron chi connectivity index (χ3n) is 3.20. The Morgan fingerprint density at radius 2 is 2.17 bits per heavy atom. The van der Waals surface area contributed by atoms with Crippen LogP contribution in [0.4, 0.5) is 0 Å². The molecule has 64 valence electrons. The normalized spacial score (nSPS) is 45.5. The molecule has 2 heteroatoms. The summed E-state index contributed by atoms with van der Waals surface area (Å²) in [5, 5.41) is 0. The van der Waals surface area contributed by atoms with E-state index in [-0.39, 0.29) is 23.4 Å². The summed E-state index contributed by atoms with van der Waals surface area (Å²) in [6.45, 7) is 3.73. The number of carbonyl (C=O) groups excluding carboxylic acids is 2. The molecule has 12 heavy (non-hydrogen) atoms. The summed E-state index contributed by atoms with van der Waals surface area (Å²) < 4.78 is 0. The van der Waals surface area contributed by atoms with Crippen molar-refractivity contribution in [2.75, 3.05) is 0 Å². The maximum absolute atomic E-state index is 11.7. The number of allylic oxidation sites excluding steroid dienone is 2. The van der Waals surface area contributed by atoms with Gasteiger partial charge in [0.15, 0.2) is 11.6 Å². The third kappa shape index (κ3) is 0.701. The molecule has 0 spiro atoms. The van der Waals surface area contributed by atoms with Gasteiger partial charge in [-0.2, -0.15) is 0 Å². The van der Waals surface area contributed by atoms with Crippen molar-refractivity contribution in [2.24, 2.45) is 17.3 Å².